The maximum Gasteiger partial charge on any atom is 0.332 e. The summed E-state index contributed by atoms with van der Waals surface area (Å²) in [6, 6.07) is 10.8. The van der Waals surface area contributed by atoms with Crippen LogP contribution in [-0.4, -0.2) is 39.6 Å². The fraction of sp³-hybridized carbons (Fsp3) is 0.318. The molecular formula is C22H26BN4O3. The molecule has 0 aliphatic heterocycles. The van der Waals surface area contributed by atoms with Gasteiger partial charge in [0, 0.05) is 22.7 Å². The largest absolute Gasteiger partial charge is 0.427 e. The van der Waals surface area contributed by atoms with Gasteiger partial charge >= 0.3 is 7.48 Å². The Morgan fingerprint density at radius 2 is 1.90 bits per heavy atom. The van der Waals surface area contributed by atoms with E-state index < -0.39 is 11.2 Å². The van der Waals surface area contributed by atoms with Gasteiger partial charge in [-0.3, -0.25) is 4.79 Å². The average molecular weight is 405 g/mol. The minimum absolute atomic E-state index is 0.0815. The first-order chi connectivity index (χ1) is 14.0. The number of nitrogens with zero attached hydrogens (tertiary/aromatic N) is 2. The van der Waals surface area contributed by atoms with Crippen molar-refractivity contribution >= 4 is 35.5 Å². The summed E-state index contributed by atoms with van der Waals surface area (Å²) in [4.78, 5) is 24.4. The first-order valence-corrected chi connectivity index (χ1v) is 9.65. The number of aromatic nitrogens is 2. The van der Waals surface area contributed by atoms with Crippen LogP contribution in [0, 0.1) is 6.92 Å². The number of pyridine rings is 2. The molecule has 2 heterocycles. The Hall–Kier alpha value is -2.97. The smallest absolute Gasteiger partial charge is 0.332 e. The van der Waals surface area contributed by atoms with Gasteiger partial charge < -0.3 is 20.5 Å². The van der Waals surface area contributed by atoms with Crippen molar-refractivity contribution in [3.05, 3.63) is 64.1 Å². The van der Waals surface area contributed by atoms with Gasteiger partial charge in [0.15, 0.2) is 11.2 Å². The van der Waals surface area contributed by atoms with Gasteiger partial charge in [-0.05, 0) is 58.3 Å². The topological polar surface area (TPSA) is 114 Å². The van der Waals surface area contributed by atoms with E-state index in [-0.39, 0.29) is 11.3 Å². The third-order valence-electron chi connectivity index (χ3n) is 5.37. The third-order valence-corrected chi connectivity index (χ3v) is 5.37. The molecule has 7 nitrogen and oxygen atoms in total. The molecule has 0 atom stereocenters. The summed E-state index contributed by atoms with van der Waals surface area (Å²) >= 11 is 0. The fourth-order valence-electron chi connectivity index (χ4n) is 2.66. The summed E-state index contributed by atoms with van der Waals surface area (Å²) in [5.41, 5.74) is 6.71. The standard InChI is InChI=1S/C22H26BN4O3/c1-13-18(26-16-9-7-6-8-15(16)19(13)28)20(24)27-17-11-10-14(12-25-17)23-30-22(4,5)21(2,3)29/h6-12,29H,1-5H3,(H,26,28)(H2,24,25,27). The number of amidine groups is 1. The van der Waals surface area contributed by atoms with E-state index in [0.29, 0.717) is 28.0 Å². The predicted octanol–water partition coefficient (Wildman–Crippen LogP) is 2.08. The molecule has 0 saturated carbocycles. The molecule has 3 aromatic rings. The normalized spacial score (nSPS) is 12.9. The molecule has 2 aromatic heterocycles. The van der Waals surface area contributed by atoms with Crippen LogP contribution in [0.5, 0.6) is 0 Å². The molecule has 0 aliphatic carbocycles. The second-order valence-corrected chi connectivity index (χ2v) is 8.25. The van der Waals surface area contributed by atoms with Gasteiger partial charge in [-0.25, -0.2) is 9.98 Å². The van der Waals surface area contributed by atoms with Crippen molar-refractivity contribution in [2.45, 2.75) is 45.8 Å². The number of rotatable bonds is 6. The minimum Gasteiger partial charge on any atom is -0.427 e. The number of aromatic amines is 1. The number of benzene rings is 1. The second-order valence-electron chi connectivity index (χ2n) is 8.25. The van der Waals surface area contributed by atoms with Crippen molar-refractivity contribution in [3.63, 3.8) is 0 Å². The lowest BCUT2D eigenvalue weighted by Crippen LogP contribution is -2.49. The van der Waals surface area contributed by atoms with E-state index in [0.717, 1.165) is 5.46 Å². The summed E-state index contributed by atoms with van der Waals surface area (Å²) in [6.07, 6.45) is 1.60. The molecule has 30 heavy (non-hydrogen) atoms. The van der Waals surface area contributed by atoms with Crippen molar-refractivity contribution < 1.29 is 9.76 Å². The number of H-pyrrole nitrogens is 1. The lowest BCUT2D eigenvalue weighted by molar-refractivity contribution is -0.0893. The van der Waals surface area contributed by atoms with Crippen molar-refractivity contribution in [2.24, 2.45) is 10.7 Å². The van der Waals surface area contributed by atoms with Crippen LogP contribution in [0.1, 0.15) is 39.0 Å². The molecule has 0 amide bonds. The zero-order valence-electron chi connectivity index (χ0n) is 17.9. The Kier molecular flexibility index (Phi) is 5.83. The highest BCUT2D eigenvalue weighted by Crippen LogP contribution is 2.24. The molecule has 0 fully saturated rings. The molecule has 0 saturated heterocycles. The molecule has 1 aromatic carbocycles. The van der Waals surface area contributed by atoms with Gasteiger partial charge in [0.25, 0.3) is 0 Å². The Morgan fingerprint density at radius 3 is 2.53 bits per heavy atom. The molecule has 0 spiro atoms. The first kappa shape index (κ1) is 21.7. The maximum atomic E-state index is 12.6. The van der Waals surface area contributed by atoms with Crippen LogP contribution in [0.25, 0.3) is 10.9 Å². The minimum atomic E-state index is -1.01. The summed E-state index contributed by atoms with van der Waals surface area (Å²) in [5, 5.41) is 10.8. The number of fused-ring (bicyclic) bond motifs is 1. The number of para-hydroxylation sites is 1. The number of nitrogens with two attached hydrogens (primary N) is 1. The van der Waals surface area contributed by atoms with E-state index in [2.05, 4.69) is 15.0 Å². The Balaban J connectivity index is 1.82. The number of aliphatic imine (C=N–C) groups is 1. The van der Waals surface area contributed by atoms with Gasteiger partial charge in [0.05, 0.1) is 16.9 Å². The highest BCUT2D eigenvalue weighted by molar-refractivity contribution is 6.46. The number of hydrogen-bond donors (Lipinski definition) is 3. The number of nitrogens with one attached hydrogen (secondary N) is 1. The van der Waals surface area contributed by atoms with E-state index >= 15 is 0 Å². The molecule has 3 rings (SSSR count). The zero-order chi connectivity index (χ0) is 22.1. The molecule has 1 radical (unpaired) electrons. The van der Waals surface area contributed by atoms with Gasteiger partial charge in [-0.15, -0.1) is 0 Å². The van der Waals surface area contributed by atoms with Gasteiger partial charge in [-0.1, -0.05) is 18.2 Å². The van der Waals surface area contributed by atoms with Crippen LogP contribution in [0.15, 0.2) is 52.4 Å². The van der Waals surface area contributed by atoms with E-state index in [1.165, 1.54) is 0 Å². The first-order valence-electron chi connectivity index (χ1n) is 9.65. The van der Waals surface area contributed by atoms with Crippen LogP contribution in [0.4, 0.5) is 5.82 Å². The van der Waals surface area contributed by atoms with Crippen LogP contribution in [0.3, 0.4) is 0 Å². The van der Waals surface area contributed by atoms with Crippen molar-refractivity contribution in [3.8, 4) is 0 Å². The van der Waals surface area contributed by atoms with Crippen molar-refractivity contribution in [2.75, 3.05) is 0 Å². The molecule has 155 valence electrons. The van der Waals surface area contributed by atoms with Gasteiger partial charge in [-0.2, -0.15) is 0 Å². The molecule has 8 heteroatoms. The summed E-state index contributed by atoms with van der Waals surface area (Å²) in [6.45, 7) is 8.72. The second kappa shape index (κ2) is 8.05. The van der Waals surface area contributed by atoms with E-state index in [9.17, 15) is 9.90 Å². The molecule has 4 N–H and O–H groups in total. The highest BCUT2D eigenvalue weighted by Gasteiger charge is 2.35. The monoisotopic (exact) mass is 405 g/mol. The van der Waals surface area contributed by atoms with E-state index in [4.69, 9.17) is 10.4 Å². The van der Waals surface area contributed by atoms with Crippen LogP contribution in [0.2, 0.25) is 0 Å². The molecule has 0 aliphatic rings. The lowest BCUT2D eigenvalue weighted by atomic mass is 9.83. The van der Waals surface area contributed by atoms with E-state index in [1.807, 2.05) is 32.0 Å². The van der Waals surface area contributed by atoms with Crippen LogP contribution < -0.4 is 16.6 Å². The maximum absolute atomic E-state index is 12.6. The Labute approximate surface area is 176 Å². The lowest BCUT2D eigenvalue weighted by Gasteiger charge is -2.37. The summed E-state index contributed by atoms with van der Waals surface area (Å²) < 4.78 is 5.72. The number of hydrogen-bond acceptors (Lipinski definition) is 5. The van der Waals surface area contributed by atoms with Crippen LogP contribution >= 0.6 is 0 Å². The predicted molar refractivity (Wildman–Crippen MR) is 121 cm³/mol. The van der Waals surface area contributed by atoms with Gasteiger partial charge in [0.1, 0.15) is 5.84 Å². The number of aliphatic hydroxyl groups is 1. The van der Waals surface area contributed by atoms with Crippen molar-refractivity contribution in [1.82, 2.24) is 9.97 Å². The van der Waals surface area contributed by atoms with Crippen molar-refractivity contribution in [1.29, 1.82) is 0 Å². The van der Waals surface area contributed by atoms with Gasteiger partial charge in [0.2, 0.25) is 0 Å². The third kappa shape index (κ3) is 4.45. The highest BCUT2D eigenvalue weighted by atomic mass is 16.5. The van der Waals surface area contributed by atoms with Crippen LogP contribution in [-0.2, 0) is 4.65 Å². The fourth-order valence-corrected chi connectivity index (χ4v) is 2.66. The molecule has 0 bridgehead atoms. The zero-order valence-corrected chi connectivity index (χ0v) is 17.9. The molecule has 0 unspecified atom stereocenters. The average Bonchev–Trinajstić information content (AvgIpc) is 2.69. The Bertz CT molecular complexity index is 1150. The summed E-state index contributed by atoms with van der Waals surface area (Å²) in [5.74, 6) is 0.582. The Morgan fingerprint density at radius 1 is 1.20 bits per heavy atom. The SMILES string of the molecule is Cc1c(C(N)=Nc2ccc([B]OC(C)(C)C(C)(C)O)cn2)[nH]c2ccccc2c1=O. The molecular weight excluding hydrogens is 379 g/mol. The quantitative estimate of drug-likeness (QED) is 0.330. The summed E-state index contributed by atoms with van der Waals surface area (Å²) in [7, 11) is 1.55. The van der Waals surface area contributed by atoms with E-state index in [1.54, 1.807) is 52.6 Å².